The predicted molar refractivity (Wildman–Crippen MR) is 83.0 cm³/mol. The second-order valence-electron chi connectivity index (χ2n) is 3.98. The number of nitrogen functional groups attached to an aromatic ring is 2. The summed E-state index contributed by atoms with van der Waals surface area (Å²) in [6, 6.07) is 0. The van der Waals surface area contributed by atoms with Gasteiger partial charge in [-0.1, -0.05) is 0 Å². The molecule has 0 aliphatic carbocycles. The van der Waals surface area contributed by atoms with Gasteiger partial charge in [-0.15, -0.1) is 0 Å². The molecule has 13 heteroatoms. The van der Waals surface area contributed by atoms with Gasteiger partial charge in [-0.25, -0.2) is 0 Å². The molecule has 4 aromatic heterocycles. The molecule has 0 aromatic carbocycles. The minimum atomic E-state index is 0. The second-order valence-corrected chi connectivity index (χ2v) is 5.60. The van der Waals surface area contributed by atoms with Gasteiger partial charge in [0.05, 0.1) is 0 Å². The molecule has 0 amide bonds. The normalized spacial score (nSPS) is 10.1. The molecule has 0 radical (unpaired) electrons. The Balaban J connectivity index is 0.000000160. The third-order valence-electron chi connectivity index (χ3n) is 2.54. The number of anilines is 2. The second kappa shape index (κ2) is 7.33. The van der Waals surface area contributed by atoms with Crippen LogP contribution in [-0.4, -0.2) is 71.9 Å². The fourth-order valence-electron chi connectivity index (χ4n) is 1.65. The Bertz CT molecular complexity index is 873. The van der Waals surface area contributed by atoms with E-state index in [1.807, 2.05) is 0 Å². The van der Waals surface area contributed by atoms with Gasteiger partial charge < -0.3 is 0 Å². The van der Waals surface area contributed by atoms with E-state index in [1.165, 1.54) is 0 Å². The molecule has 0 saturated carbocycles. The van der Waals surface area contributed by atoms with Crippen molar-refractivity contribution in [3.63, 3.8) is 0 Å². The average molecular weight is 621 g/mol. The van der Waals surface area contributed by atoms with Crippen LogP contribution in [0.1, 0.15) is 0 Å². The fraction of sp³-hybridized carbons (Fsp3) is 0. The maximum atomic E-state index is 5.39. The van der Waals surface area contributed by atoms with Crippen molar-refractivity contribution in [2.75, 3.05) is 11.5 Å². The summed E-state index contributed by atoms with van der Waals surface area (Å²) in [5.74, 6) is 0.469. The first-order chi connectivity index (χ1) is 10.5. The number of aromatic nitrogens is 8. The number of hydrogen-bond acceptors (Lipinski definition) is 8. The van der Waals surface area contributed by atoms with Crippen molar-refractivity contribution in [3.05, 3.63) is 12.7 Å². The summed E-state index contributed by atoms with van der Waals surface area (Å²) in [6.07, 6.45) is 3.11. The topological polar surface area (TPSA) is 161 Å². The van der Waals surface area contributed by atoms with Crippen LogP contribution in [0.3, 0.4) is 0 Å². The zero-order valence-electron chi connectivity index (χ0n) is 11.1. The molecule has 23 heavy (non-hydrogen) atoms. The molecule has 4 rings (SSSR count). The maximum absolute atomic E-state index is 5.39. The first-order valence-corrected chi connectivity index (χ1v) is 7.53. The molecule has 6 N–H and O–H groups in total. The van der Waals surface area contributed by atoms with Gasteiger partial charge in [0, 0.05) is 0 Å². The summed E-state index contributed by atoms with van der Waals surface area (Å²) in [4.78, 5) is 29.3. The molecule has 0 saturated heterocycles. The third kappa shape index (κ3) is 3.85. The van der Waals surface area contributed by atoms with Gasteiger partial charge in [-0.05, 0) is 0 Å². The number of imidazole rings is 2. The van der Waals surface area contributed by atoms with E-state index in [-0.39, 0.29) is 33.0 Å². The number of hydrogen-bond donors (Lipinski definition) is 4. The number of fused-ring (bicyclic) bond motifs is 2. The van der Waals surface area contributed by atoms with Gasteiger partial charge >= 0.3 is 160 Å². The number of rotatable bonds is 0. The van der Waals surface area contributed by atoms with E-state index in [4.69, 9.17) is 11.5 Å². The number of nitrogens with one attached hydrogen (secondary N) is 2. The maximum Gasteiger partial charge on any atom is 2.00 e. The molecule has 120 valence electrons. The SMILES string of the molecule is Nc1nc([Se-])c2[nH]cnc2n1.Nc1nc([Se-])c2[nH]cnc2n1.[Pt+2]. The molecule has 0 fully saturated rings. The van der Waals surface area contributed by atoms with Crippen LogP contribution in [0.5, 0.6) is 0 Å². The molecule has 0 bridgehead atoms. The van der Waals surface area contributed by atoms with E-state index in [9.17, 15) is 0 Å². The monoisotopic (exact) mass is 623 g/mol. The van der Waals surface area contributed by atoms with Crippen LogP contribution in [-0.2, 0) is 21.1 Å². The molecular weight excluding hydrogens is 613 g/mol. The predicted octanol–water partition coefficient (Wildman–Crippen LogP) is -2.54. The quantitative estimate of drug-likeness (QED) is 0.156. The zero-order chi connectivity index (χ0) is 15.7. The Morgan fingerprint density at radius 2 is 1.13 bits per heavy atom. The standard InChI is InChI=1S/2C5H5N5Se.Pt/c2*6-5-9-3-2(4(11)10-5)7-1-8-3;/h2*1H,(H4,6,7,8,9,10,11);/q;;+2/p-2. The summed E-state index contributed by atoms with van der Waals surface area (Å²) >= 11 is 5.54. The van der Waals surface area contributed by atoms with E-state index in [1.54, 1.807) is 12.7 Å². The number of nitrogens with two attached hydrogens (primary N) is 2. The summed E-state index contributed by atoms with van der Waals surface area (Å²) in [5, 5.41) is 0. The molecule has 0 unspecified atom stereocenters. The smallest absolute Gasteiger partial charge is 2.00 e. The third-order valence-corrected chi connectivity index (χ3v) is 3.78. The van der Waals surface area contributed by atoms with Gasteiger partial charge in [0.2, 0.25) is 0 Å². The van der Waals surface area contributed by atoms with Crippen LogP contribution in [0.15, 0.2) is 12.7 Å². The Kier molecular flexibility index (Phi) is 5.67. The fourth-order valence-corrected chi connectivity index (χ4v) is 2.67. The van der Waals surface area contributed by atoms with Crippen molar-refractivity contribution >= 4 is 75.4 Å². The van der Waals surface area contributed by atoms with Crippen LogP contribution in [0.25, 0.3) is 22.3 Å². The van der Waals surface area contributed by atoms with Crippen LogP contribution in [0.4, 0.5) is 11.9 Å². The van der Waals surface area contributed by atoms with Crippen LogP contribution >= 0.6 is 0 Å². The van der Waals surface area contributed by atoms with Gasteiger partial charge in [-0.3, -0.25) is 0 Å². The van der Waals surface area contributed by atoms with Crippen LogP contribution < -0.4 is 20.7 Å². The van der Waals surface area contributed by atoms with E-state index in [2.05, 4.69) is 71.9 Å². The first kappa shape index (κ1) is 17.8. The molecule has 10 nitrogen and oxygen atoms in total. The molecule has 4 heterocycles. The Morgan fingerprint density at radius 3 is 1.52 bits per heavy atom. The van der Waals surface area contributed by atoms with Crippen molar-refractivity contribution < 1.29 is 21.1 Å². The largest absolute Gasteiger partial charge is 2.00 e. The van der Waals surface area contributed by atoms with Crippen molar-refractivity contribution in [2.24, 2.45) is 0 Å². The summed E-state index contributed by atoms with van der Waals surface area (Å²) in [7, 11) is 0. The van der Waals surface area contributed by atoms with E-state index in [0.29, 0.717) is 20.5 Å². The molecule has 4 aromatic rings. The van der Waals surface area contributed by atoms with Crippen molar-refractivity contribution in [2.45, 2.75) is 0 Å². The van der Waals surface area contributed by atoms with Crippen LogP contribution in [0, 0.1) is 0 Å². The average Bonchev–Trinajstić information content (AvgIpc) is 3.07. The van der Waals surface area contributed by atoms with Crippen molar-refractivity contribution in [1.82, 2.24) is 39.9 Å². The molecule has 0 atom stereocenters. The minimum Gasteiger partial charge on any atom is 2.00 e. The van der Waals surface area contributed by atoms with Gasteiger partial charge in [0.25, 0.3) is 0 Å². The summed E-state index contributed by atoms with van der Waals surface area (Å²) in [6.45, 7) is 0. The zero-order valence-corrected chi connectivity index (χ0v) is 16.8. The molecular formula is C10H8N10PtSe2. The summed E-state index contributed by atoms with van der Waals surface area (Å²) < 4.78 is 1.40. The van der Waals surface area contributed by atoms with Crippen LogP contribution in [0.2, 0.25) is 0 Å². The number of aromatic amines is 2. The van der Waals surface area contributed by atoms with Crippen molar-refractivity contribution in [3.8, 4) is 0 Å². The van der Waals surface area contributed by atoms with Gasteiger partial charge in [0.1, 0.15) is 0 Å². The van der Waals surface area contributed by atoms with Crippen molar-refractivity contribution in [1.29, 1.82) is 0 Å². The van der Waals surface area contributed by atoms with E-state index < -0.39 is 0 Å². The number of H-pyrrole nitrogens is 2. The van der Waals surface area contributed by atoms with Gasteiger partial charge in [0.15, 0.2) is 0 Å². The Morgan fingerprint density at radius 1 is 0.739 bits per heavy atom. The summed E-state index contributed by atoms with van der Waals surface area (Å²) in [5.41, 5.74) is 13.5. The molecule has 0 spiro atoms. The molecule has 0 aliphatic rings. The minimum absolute atomic E-state index is 0. The van der Waals surface area contributed by atoms with E-state index >= 15 is 0 Å². The molecule has 0 aliphatic heterocycles. The number of nitrogens with zero attached hydrogens (tertiary/aromatic N) is 6. The first-order valence-electron chi connectivity index (χ1n) is 5.82. The Labute approximate surface area is 160 Å². The van der Waals surface area contributed by atoms with E-state index in [0.717, 1.165) is 11.0 Å². The van der Waals surface area contributed by atoms with Gasteiger partial charge in [-0.2, -0.15) is 0 Å². The Hall–Kier alpha value is -1.57.